The molecule has 0 bridgehead atoms. The van der Waals surface area contributed by atoms with Crippen LogP contribution in [-0.4, -0.2) is 31.5 Å². The minimum Gasteiger partial charge on any atom is -0.478 e. The maximum atomic E-state index is 12.4. The number of aryl methyl sites for hydroxylation is 1. The van der Waals surface area contributed by atoms with Crippen LogP contribution in [0.15, 0.2) is 40.9 Å². The number of hydrogen-bond donors (Lipinski definition) is 1. The first-order valence-electron chi connectivity index (χ1n) is 7.43. The minimum atomic E-state index is -1.16. The first kappa shape index (κ1) is 17.0. The summed E-state index contributed by atoms with van der Waals surface area (Å²) in [6.45, 7) is 3.26. The highest BCUT2D eigenvalue weighted by atomic mass is 35.5. The van der Waals surface area contributed by atoms with Crippen molar-refractivity contribution in [2.24, 2.45) is 7.05 Å². The van der Waals surface area contributed by atoms with Gasteiger partial charge in [-0.25, -0.2) is 0 Å². The Hall–Kier alpha value is -2.87. The van der Waals surface area contributed by atoms with Crippen LogP contribution in [0.1, 0.15) is 13.8 Å². The van der Waals surface area contributed by atoms with Crippen molar-refractivity contribution in [2.75, 3.05) is 5.32 Å². The molecule has 0 unspecified atom stereocenters. The molecule has 3 aromatic rings. The van der Waals surface area contributed by atoms with E-state index in [0.29, 0.717) is 16.5 Å². The molecule has 2 aromatic heterocycles. The SMILES string of the molecule is Cn1ccc(-c2nnc(NC(=O)C(C)(C)Oc3ccc(Cl)cc3)o2)n1. The van der Waals surface area contributed by atoms with Gasteiger partial charge in [-0.05, 0) is 44.2 Å². The lowest BCUT2D eigenvalue weighted by atomic mass is 10.1. The van der Waals surface area contributed by atoms with E-state index in [1.54, 1.807) is 62.1 Å². The van der Waals surface area contributed by atoms with Gasteiger partial charge in [0.05, 0.1) is 0 Å². The maximum Gasteiger partial charge on any atom is 0.322 e. The van der Waals surface area contributed by atoms with Crippen LogP contribution in [0.25, 0.3) is 11.6 Å². The molecule has 3 rings (SSSR count). The van der Waals surface area contributed by atoms with Gasteiger partial charge in [0, 0.05) is 18.3 Å². The van der Waals surface area contributed by atoms with Crippen LogP contribution < -0.4 is 10.1 Å². The smallest absolute Gasteiger partial charge is 0.322 e. The van der Waals surface area contributed by atoms with E-state index >= 15 is 0 Å². The molecule has 8 nitrogen and oxygen atoms in total. The van der Waals surface area contributed by atoms with Crippen LogP contribution in [0.5, 0.6) is 5.75 Å². The van der Waals surface area contributed by atoms with E-state index < -0.39 is 11.5 Å². The number of hydrogen-bond acceptors (Lipinski definition) is 6. The molecule has 0 fully saturated rings. The van der Waals surface area contributed by atoms with Gasteiger partial charge in [-0.3, -0.25) is 14.8 Å². The Bertz CT molecular complexity index is 885. The monoisotopic (exact) mass is 361 g/mol. The average molecular weight is 362 g/mol. The van der Waals surface area contributed by atoms with Gasteiger partial charge in [0.1, 0.15) is 11.4 Å². The summed E-state index contributed by atoms with van der Waals surface area (Å²) in [7, 11) is 1.78. The molecule has 1 aromatic carbocycles. The van der Waals surface area contributed by atoms with Gasteiger partial charge >= 0.3 is 6.01 Å². The predicted octanol–water partition coefficient (Wildman–Crippen LogP) is 2.92. The summed E-state index contributed by atoms with van der Waals surface area (Å²) in [6, 6.07) is 8.43. The lowest BCUT2D eigenvalue weighted by Gasteiger charge is -2.24. The molecular weight excluding hydrogens is 346 g/mol. The fraction of sp³-hybridized carbons (Fsp3) is 0.250. The molecule has 0 aliphatic carbocycles. The molecule has 1 amide bonds. The topological polar surface area (TPSA) is 95.1 Å². The summed E-state index contributed by atoms with van der Waals surface area (Å²) in [6.07, 6.45) is 1.75. The Morgan fingerprint density at radius 2 is 1.96 bits per heavy atom. The third kappa shape index (κ3) is 3.97. The third-order valence-corrected chi connectivity index (χ3v) is 3.56. The summed E-state index contributed by atoms with van der Waals surface area (Å²) < 4.78 is 12.7. The molecule has 0 spiro atoms. The molecular formula is C16H16ClN5O3. The van der Waals surface area contributed by atoms with Gasteiger partial charge in [0.15, 0.2) is 5.60 Å². The molecule has 9 heteroatoms. The highest BCUT2D eigenvalue weighted by Gasteiger charge is 2.31. The zero-order valence-corrected chi connectivity index (χ0v) is 14.6. The minimum absolute atomic E-state index is 0.0292. The van der Waals surface area contributed by atoms with Crippen molar-refractivity contribution in [1.82, 2.24) is 20.0 Å². The van der Waals surface area contributed by atoms with Crippen molar-refractivity contribution in [3.05, 3.63) is 41.6 Å². The van der Waals surface area contributed by atoms with Crippen LogP contribution in [-0.2, 0) is 11.8 Å². The summed E-state index contributed by atoms with van der Waals surface area (Å²) in [5, 5.41) is 15.0. The maximum absolute atomic E-state index is 12.4. The number of nitrogens with one attached hydrogen (secondary N) is 1. The number of halogens is 1. The molecule has 0 aliphatic rings. The zero-order chi connectivity index (χ0) is 18.0. The highest BCUT2D eigenvalue weighted by molar-refractivity contribution is 6.30. The Labute approximate surface area is 148 Å². The second-order valence-electron chi connectivity index (χ2n) is 5.81. The molecule has 1 N–H and O–H groups in total. The summed E-state index contributed by atoms with van der Waals surface area (Å²) in [4.78, 5) is 12.4. The van der Waals surface area contributed by atoms with Crippen molar-refractivity contribution in [1.29, 1.82) is 0 Å². The molecule has 0 saturated heterocycles. The van der Waals surface area contributed by atoms with E-state index in [1.165, 1.54) is 0 Å². The van der Waals surface area contributed by atoms with E-state index in [2.05, 4.69) is 20.6 Å². The van der Waals surface area contributed by atoms with E-state index in [4.69, 9.17) is 20.8 Å². The Balaban J connectivity index is 1.68. The number of nitrogens with zero attached hydrogens (tertiary/aromatic N) is 4. The number of rotatable bonds is 5. The van der Waals surface area contributed by atoms with Gasteiger partial charge in [0.2, 0.25) is 0 Å². The molecule has 0 aliphatic heterocycles. The third-order valence-electron chi connectivity index (χ3n) is 3.31. The van der Waals surface area contributed by atoms with Gasteiger partial charge in [0.25, 0.3) is 11.8 Å². The number of carbonyl (C=O) groups is 1. The number of carbonyl (C=O) groups excluding carboxylic acids is 1. The van der Waals surface area contributed by atoms with Crippen molar-refractivity contribution >= 4 is 23.5 Å². The van der Waals surface area contributed by atoms with Gasteiger partial charge in [-0.2, -0.15) is 5.10 Å². The van der Waals surface area contributed by atoms with Crippen LogP contribution >= 0.6 is 11.6 Å². The molecule has 2 heterocycles. The molecule has 130 valence electrons. The van der Waals surface area contributed by atoms with Crippen molar-refractivity contribution in [3.63, 3.8) is 0 Å². The normalized spacial score (nSPS) is 11.4. The van der Waals surface area contributed by atoms with E-state index in [-0.39, 0.29) is 11.9 Å². The zero-order valence-electron chi connectivity index (χ0n) is 13.9. The van der Waals surface area contributed by atoms with Gasteiger partial charge < -0.3 is 9.15 Å². The molecule has 0 atom stereocenters. The van der Waals surface area contributed by atoms with Crippen LogP contribution in [0.4, 0.5) is 6.01 Å². The van der Waals surface area contributed by atoms with E-state index in [1.807, 2.05) is 0 Å². The predicted molar refractivity (Wildman–Crippen MR) is 91.3 cm³/mol. The number of anilines is 1. The van der Waals surface area contributed by atoms with Crippen LogP contribution in [0.3, 0.4) is 0 Å². The fourth-order valence-electron chi connectivity index (χ4n) is 2.00. The second-order valence-corrected chi connectivity index (χ2v) is 6.24. The number of benzene rings is 1. The standard InChI is InChI=1S/C16H16ClN5O3/c1-16(2,25-11-6-4-10(17)5-7-11)14(23)18-15-20-19-13(24-15)12-8-9-22(3)21-12/h4-9H,1-3H3,(H,18,20,23). The number of ether oxygens (including phenoxy) is 1. The van der Waals surface area contributed by atoms with Crippen molar-refractivity contribution in [3.8, 4) is 17.3 Å². The van der Waals surface area contributed by atoms with Crippen LogP contribution in [0.2, 0.25) is 5.02 Å². The lowest BCUT2D eigenvalue weighted by molar-refractivity contribution is -0.128. The summed E-state index contributed by atoms with van der Waals surface area (Å²) in [5.74, 6) is 0.301. The number of aromatic nitrogens is 4. The van der Waals surface area contributed by atoms with E-state index in [0.717, 1.165) is 0 Å². The first-order chi connectivity index (χ1) is 11.8. The Morgan fingerprint density at radius 3 is 2.60 bits per heavy atom. The molecule has 0 radical (unpaired) electrons. The lowest BCUT2D eigenvalue weighted by Crippen LogP contribution is -2.42. The fourth-order valence-corrected chi connectivity index (χ4v) is 2.12. The highest BCUT2D eigenvalue weighted by Crippen LogP contribution is 2.23. The largest absolute Gasteiger partial charge is 0.478 e. The summed E-state index contributed by atoms with van der Waals surface area (Å²) in [5.41, 5.74) is -0.639. The first-order valence-corrected chi connectivity index (χ1v) is 7.81. The average Bonchev–Trinajstić information content (AvgIpc) is 3.18. The number of amides is 1. The quantitative estimate of drug-likeness (QED) is 0.750. The van der Waals surface area contributed by atoms with E-state index in [9.17, 15) is 4.79 Å². The van der Waals surface area contributed by atoms with Gasteiger partial charge in [-0.1, -0.05) is 16.7 Å². The molecule has 25 heavy (non-hydrogen) atoms. The van der Waals surface area contributed by atoms with Crippen molar-refractivity contribution < 1.29 is 13.9 Å². The van der Waals surface area contributed by atoms with Gasteiger partial charge in [-0.15, -0.1) is 5.10 Å². The van der Waals surface area contributed by atoms with Crippen LogP contribution in [0, 0.1) is 0 Å². The Morgan fingerprint density at radius 1 is 1.24 bits per heavy atom. The second kappa shape index (κ2) is 6.56. The summed E-state index contributed by atoms with van der Waals surface area (Å²) >= 11 is 5.84. The molecule has 0 saturated carbocycles. The van der Waals surface area contributed by atoms with Crippen molar-refractivity contribution in [2.45, 2.75) is 19.4 Å². The Kier molecular flexibility index (Phi) is 4.45.